The minimum absolute atomic E-state index is 0.00947. The van der Waals surface area contributed by atoms with Crippen LogP contribution in [0.1, 0.15) is 29.4 Å². The molecule has 1 atom stereocenters. The van der Waals surface area contributed by atoms with Gasteiger partial charge in [-0.2, -0.15) is 5.10 Å². The van der Waals surface area contributed by atoms with E-state index in [0.29, 0.717) is 24.9 Å². The number of sulfonamides is 1. The Morgan fingerprint density at radius 1 is 1.17 bits per heavy atom. The van der Waals surface area contributed by atoms with Gasteiger partial charge in [0.1, 0.15) is 22.3 Å². The molecule has 1 aliphatic heterocycles. The Kier molecular flexibility index (Phi) is 7.29. The SMILES string of the molecule is CCc1cnc(OC)c(S(=O)(=O)Nc2ccc(F)c(-c3ccc4c(C(=O)NC5CCNC5=O)n[nH]c4c3F)c2F)c1. The van der Waals surface area contributed by atoms with Crippen LogP contribution in [-0.4, -0.2) is 55.1 Å². The number of hydrogen-bond donors (Lipinski definition) is 4. The van der Waals surface area contributed by atoms with E-state index in [4.69, 9.17) is 4.74 Å². The summed E-state index contributed by atoms with van der Waals surface area (Å²) < 4.78 is 79.6. The highest BCUT2D eigenvalue weighted by Crippen LogP contribution is 2.36. The number of carbonyl (C=O) groups excluding carboxylic acids is 2. The van der Waals surface area contributed by atoms with Gasteiger partial charge in [-0.15, -0.1) is 0 Å². The third-order valence-corrected chi connectivity index (χ3v) is 7.98. The number of carbonyl (C=O) groups is 2. The number of methoxy groups -OCH3 is 1. The van der Waals surface area contributed by atoms with Gasteiger partial charge in [0, 0.05) is 23.7 Å². The normalized spacial score (nSPS) is 15.1. The molecule has 15 heteroatoms. The molecule has 1 saturated heterocycles. The van der Waals surface area contributed by atoms with Crippen molar-refractivity contribution < 1.29 is 35.9 Å². The maximum atomic E-state index is 15.7. The molecule has 0 bridgehead atoms. The van der Waals surface area contributed by atoms with Crippen LogP contribution in [0.25, 0.3) is 22.0 Å². The molecule has 0 aliphatic carbocycles. The smallest absolute Gasteiger partial charge is 0.273 e. The maximum absolute atomic E-state index is 15.7. The first-order chi connectivity index (χ1) is 19.6. The summed E-state index contributed by atoms with van der Waals surface area (Å²) >= 11 is 0. The zero-order valence-corrected chi connectivity index (χ0v) is 22.5. The summed E-state index contributed by atoms with van der Waals surface area (Å²) in [6.45, 7) is 2.18. The highest BCUT2D eigenvalue weighted by Gasteiger charge is 2.29. The molecule has 3 heterocycles. The number of hydrogen-bond acceptors (Lipinski definition) is 7. The van der Waals surface area contributed by atoms with Crippen LogP contribution in [0.3, 0.4) is 0 Å². The number of amides is 2. The Balaban J connectivity index is 1.51. The number of benzene rings is 2. The van der Waals surface area contributed by atoms with Crippen molar-refractivity contribution in [1.82, 2.24) is 25.8 Å². The third-order valence-electron chi connectivity index (χ3n) is 6.62. The van der Waals surface area contributed by atoms with E-state index < -0.39 is 56.2 Å². The van der Waals surface area contributed by atoms with E-state index in [1.807, 2.05) is 0 Å². The van der Waals surface area contributed by atoms with Gasteiger partial charge in [-0.3, -0.25) is 19.4 Å². The van der Waals surface area contributed by atoms with Gasteiger partial charge < -0.3 is 15.4 Å². The molecular formula is C26H23F3N6O5S. The van der Waals surface area contributed by atoms with Gasteiger partial charge in [-0.1, -0.05) is 13.0 Å². The molecule has 2 amide bonds. The number of halogens is 3. The molecule has 1 aliphatic rings. The zero-order chi connectivity index (χ0) is 29.5. The fraction of sp³-hybridized carbons (Fsp3) is 0.231. The number of ether oxygens (including phenoxy) is 1. The first kappa shape index (κ1) is 27.9. The molecule has 11 nitrogen and oxygen atoms in total. The van der Waals surface area contributed by atoms with E-state index in [-0.39, 0.29) is 33.3 Å². The van der Waals surface area contributed by atoms with Crippen LogP contribution in [0.5, 0.6) is 5.88 Å². The van der Waals surface area contributed by atoms with Crippen molar-refractivity contribution in [2.24, 2.45) is 0 Å². The van der Waals surface area contributed by atoms with E-state index in [1.54, 1.807) is 6.92 Å². The van der Waals surface area contributed by atoms with Crippen LogP contribution in [0.4, 0.5) is 18.9 Å². The molecule has 1 unspecified atom stereocenters. The Morgan fingerprint density at radius 3 is 2.63 bits per heavy atom. The molecule has 4 N–H and O–H groups in total. The van der Waals surface area contributed by atoms with Crippen molar-refractivity contribution in [2.75, 3.05) is 18.4 Å². The minimum Gasteiger partial charge on any atom is -0.480 e. The molecule has 1 fully saturated rings. The molecule has 214 valence electrons. The fourth-order valence-electron chi connectivity index (χ4n) is 4.47. The molecule has 41 heavy (non-hydrogen) atoms. The Bertz CT molecular complexity index is 1810. The summed E-state index contributed by atoms with van der Waals surface area (Å²) in [4.78, 5) is 28.1. The lowest BCUT2D eigenvalue weighted by molar-refractivity contribution is -0.120. The van der Waals surface area contributed by atoms with Crippen molar-refractivity contribution in [3.8, 4) is 17.0 Å². The average molecular weight is 589 g/mol. The number of rotatable bonds is 8. The Labute approximate surface area is 231 Å². The number of nitrogens with one attached hydrogen (secondary N) is 4. The summed E-state index contributed by atoms with van der Waals surface area (Å²) in [6, 6.07) is 4.48. The second kappa shape index (κ2) is 10.7. The lowest BCUT2D eigenvalue weighted by Gasteiger charge is -2.15. The number of aromatic nitrogens is 3. The van der Waals surface area contributed by atoms with Crippen molar-refractivity contribution in [1.29, 1.82) is 0 Å². The maximum Gasteiger partial charge on any atom is 0.273 e. The molecular weight excluding hydrogens is 565 g/mol. The topological polar surface area (TPSA) is 155 Å². The molecule has 2 aromatic carbocycles. The Hall–Kier alpha value is -4.66. The van der Waals surface area contributed by atoms with Crippen LogP contribution in [0, 0.1) is 17.5 Å². The van der Waals surface area contributed by atoms with Gasteiger partial charge in [-0.05, 0) is 42.7 Å². The first-order valence-electron chi connectivity index (χ1n) is 12.3. The lowest BCUT2D eigenvalue weighted by atomic mass is 10.0. The summed E-state index contributed by atoms with van der Waals surface area (Å²) in [5.41, 5.74) is -2.01. The van der Waals surface area contributed by atoms with Crippen LogP contribution >= 0.6 is 0 Å². The molecule has 0 radical (unpaired) electrons. The van der Waals surface area contributed by atoms with Crippen LogP contribution in [-0.2, 0) is 21.2 Å². The third kappa shape index (κ3) is 5.03. The monoisotopic (exact) mass is 588 g/mol. The number of aromatic amines is 1. The average Bonchev–Trinajstić information content (AvgIpc) is 3.57. The summed E-state index contributed by atoms with van der Waals surface area (Å²) in [5.74, 6) is -5.01. The number of fused-ring (bicyclic) bond motifs is 1. The predicted molar refractivity (Wildman–Crippen MR) is 141 cm³/mol. The van der Waals surface area contributed by atoms with Gasteiger partial charge in [0.05, 0.1) is 18.4 Å². The minimum atomic E-state index is -4.47. The van der Waals surface area contributed by atoms with Crippen molar-refractivity contribution in [3.63, 3.8) is 0 Å². The zero-order valence-electron chi connectivity index (χ0n) is 21.6. The highest BCUT2D eigenvalue weighted by molar-refractivity contribution is 7.92. The first-order valence-corrected chi connectivity index (χ1v) is 13.8. The second-order valence-corrected chi connectivity index (χ2v) is 10.8. The summed E-state index contributed by atoms with van der Waals surface area (Å²) in [7, 11) is -3.25. The largest absolute Gasteiger partial charge is 0.480 e. The predicted octanol–water partition coefficient (Wildman–Crippen LogP) is 3.03. The van der Waals surface area contributed by atoms with Crippen molar-refractivity contribution in [3.05, 3.63) is 65.2 Å². The van der Waals surface area contributed by atoms with Crippen molar-refractivity contribution in [2.45, 2.75) is 30.7 Å². The number of pyridine rings is 1. The Morgan fingerprint density at radius 2 is 1.95 bits per heavy atom. The van der Waals surface area contributed by atoms with E-state index in [1.165, 1.54) is 25.4 Å². The number of H-pyrrole nitrogens is 1. The van der Waals surface area contributed by atoms with Gasteiger partial charge in [0.15, 0.2) is 17.3 Å². The molecule has 0 saturated carbocycles. The number of aryl methyl sites for hydroxylation is 1. The number of anilines is 1. The molecule has 0 spiro atoms. The quantitative estimate of drug-likeness (QED) is 0.247. The lowest BCUT2D eigenvalue weighted by Crippen LogP contribution is -2.40. The van der Waals surface area contributed by atoms with Crippen molar-refractivity contribution >= 4 is 38.4 Å². The van der Waals surface area contributed by atoms with Gasteiger partial charge in [0.2, 0.25) is 11.8 Å². The molecule has 4 aromatic rings. The highest BCUT2D eigenvalue weighted by atomic mass is 32.2. The van der Waals surface area contributed by atoms with Crippen LogP contribution in [0.15, 0.2) is 41.4 Å². The summed E-state index contributed by atoms with van der Waals surface area (Å²) in [6.07, 6.45) is 2.27. The van der Waals surface area contributed by atoms with E-state index in [2.05, 4.69) is 30.5 Å². The molecule has 5 rings (SSSR count). The summed E-state index contributed by atoms with van der Waals surface area (Å²) in [5, 5.41) is 11.3. The van der Waals surface area contributed by atoms with Gasteiger partial charge in [-0.25, -0.2) is 26.6 Å². The van der Waals surface area contributed by atoms with E-state index in [9.17, 15) is 22.4 Å². The number of nitrogens with zero attached hydrogens (tertiary/aromatic N) is 2. The fourth-order valence-corrected chi connectivity index (χ4v) is 5.70. The van der Waals surface area contributed by atoms with E-state index >= 15 is 8.78 Å². The second-order valence-electron chi connectivity index (χ2n) is 9.12. The van der Waals surface area contributed by atoms with Crippen LogP contribution < -0.4 is 20.1 Å². The standard InChI is InChI=1S/C26H23F3N6O5S/c1-3-12-10-18(26(40-2)31-11-12)41(38,39)35-16-7-6-15(27)19(21(16)29)13-4-5-14-22(20(13)28)33-34-23(14)25(37)32-17-8-9-30-24(17)36/h4-7,10-11,17,35H,3,8-9H2,1-2H3,(H,30,36)(H,32,37)(H,33,34). The van der Waals surface area contributed by atoms with Crippen LogP contribution in [0.2, 0.25) is 0 Å². The molecule has 2 aromatic heterocycles. The van der Waals surface area contributed by atoms with E-state index in [0.717, 1.165) is 18.2 Å². The van der Waals surface area contributed by atoms with Gasteiger partial charge in [0.25, 0.3) is 15.9 Å². The van der Waals surface area contributed by atoms with Gasteiger partial charge >= 0.3 is 0 Å².